The first-order chi connectivity index (χ1) is 8.02. The van der Waals surface area contributed by atoms with Crippen LogP contribution in [0.15, 0.2) is 24.3 Å². The molecule has 1 N–H and O–H groups in total. The van der Waals surface area contributed by atoms with Gasteiger partial charge in [0.2, 0.25) is 0 Å². The van der Waals surface area contributed by atoms with E-state index in [0.717, 1.165) is 5.56 Å². The number of ether oxygens (including phenoxy) is 2. The van der Waals surface area contributed by atoms with Crippen LogP contribution < -0.4 is 4.74 Å². The molecule has 0 saturated carbocycles. The summed E-state index contributed by atoms with van der Waals surface area (Å²) in [5.74, 6) is 0.0332. The molecule has 92 valence electrons. The fourth-order valence-electron chi connectivity index (χ4n) is 1.23. The maximum atomic E-state index is 11.3. The number of carbonyl (C=O) groups is 1. The molecule has 4 heteroatoms. The quantitative estimate of drug-likeness (QED) is 0.644. The summed E-state index contributed by atoms with van der Waals surface area (Å²) in [6.45, 7) is 3.57. The van der Waals surface area contributed by atoms with E-state index in [1.807, 2.05) is 0 Å². The van der Waals surface area contributed by atoms with Gasteiger partial charge in [-0.3, -0.25) is 0 Å². The second-order valence-electron chi connectivity index (χ2n) is 3.75. The van der Waals surface area contributed by atoms with Gasteiger partial charge in [0.05, 0.1) is 13.2 Å². The van der Waals surface area contributed by atoms with Crippen molar-refractivity contribution in [3.63, 3.8) is 0 Å². The Hall–Kier alpha value is -1.97. The van der Waals surface area contributed by atoms with E-state index in [2.05, 4.69) is 0 Å². The van der Waals surface area contributed by atoms with Crippen molar-refractivity contribution in [3.8, 4) is 11.5 Å². The zero-order valence-electron chi connectivity index (χ0n) is 10.1. The molecule has 0 aliphatic carbocycles. The van der Waals surface area contributed by atoms with E-state index < -0.39 is 5.97 Å². The van der Waals surface area contributed by atoms with Crippen molar-refractivity contribution in [2.45, 2.75) is 20.0 Å². The Kier molecular flexibility index (Phi) is 4.57. The lowest BCUT2D eigenvalue weighted by molar-refractivity contribution is -0.141. The third kappa shape index (κ3) is 4.18. The molecule has 0 saturated heterocycles. The van der Waals surface area contributed by atoms with Gasteiger partial charge in [0.1, 0.15) is 0 Å². The number of phenolic OH excluding ortho intramolecular Hbond substituents is 1. The average Bonchev–Trinajstić information content (AvgIpc) is 2.27. The third-order valence-corrected chi connectivity index (χ3v) is 1.97. The van der Waals surface area contributed by atoms with Crippen LogP contribution in [0, 0.1) is 0 Å². The molecule has 0 unspecified atom stereocenters. The van der Waals surface area contributed by atoms with E-state index in [9.17, 15) is 9.90 Å². The molecule has 17 heavy (non-hydrogen) atoms. The molecule has 0 aliphatic heterocycles. The molecule has 0 fully saturated rings. The first kappa shape index (κ1) is 13.1. The molecule has 4 nitrogen and oxygen atoms in total. The van der Waals surface area contributed by atoms with Crippen molar-refractivity contribution in [1.29, 1.82) is 0 Å². The van der Waals surface area contributed by atoms with Gasteiger partial charge < -0.3 is 14.6 Å². The van der Waals surface area contributed by atoms with Crippen LogP contribution in [0.5, 0.6) is 11.5 Å². The molecule has 0 heterocycles. The number of esters is 1. The van der Waals surface area contributed by atoms with Crippen molar-refractivity contribution in [1.82, 2.24) is 0 Å². The largest absolute Gasteiger partial charge is 0.504 e. The van der Waals surface area contributed by atoms with E-state index in [4.69, 9.17) is 9.47 Å². The van der Waals surface area contributed by atoms with Gasteiger partial charge in [-0.25, -0.2) is 4.79 Å². The van der Waals surface area contributed by atoms with Crippen molar-refractivity contribution in [3.05, 3.63) is 29.8 Å². The first-order valence-electron chi connectivity index (χ1n) is 5.28. The summed E-state index contributed by atoms with van der Waals surface area (Å²) in [5.41, 5.74) is 0.750. The number of rotatable bonds is 4. The highest BCUT2D eigenvalue weighted by Crippen LogP contribution is 2.26. The van der Waals surface area contributed by atoms with Crippen LogP contribution in [0.2, 0.25) is 0 Å². The van der Waals surface area contributed by atoms with Crippen LogP contribution in [-0.4, -0.2) is 24.3 Å². The Morgan fingerprint density at radius 2 is 2.12 bits per heavy atom. The lowest BCUT2D eigenvalue weighted by Crippen LogP contribution is -2.08. The fourth-order valence-corrected chi connectivity index (χ4v) is 1.23. The van der Waals surface area contributed by atoms with Crippen LogP contribution >= 0.6 is 0 Å². The maximum absolute atomic E-state index is 11.3. The molecule has 0 atom stereocenters. The minimum atomic E-state index is -0.396. The van der Waals surface area contributed by atoms with Gasteiger partial charge in [0, 0.05) is 6.08 Å². The SMILES string of the molecule is COc1cc(/C=C\C(=O)OC(C)C)ccc1O. The molecule has 0 aromatic heterocycles. The summed E-state index contributed by atoms with van der Waals surface area (Å²) in [7, 11) is 1.47. The average molecular weight is 236 g/mol. The zero-order chi connectivity index (χ0) is 12.8. The fraction of sp³-hybridized carbons (Fsp3) is 0.308. The highest BCUT2D eigenvalue weighted by atomic mass is 16.5. The molecule has 0 spiro atoms. The number of methoxy groups -OCH3 is 1. The second kappa shape index (κ2) is 5.94. The summed E-state index contributed by atoms with van der Waals surface area (Å²) in [4.78, 5) is 11.3. The molecule has 0 aliphatic rings. The lowest BCUT2D eigenvalue weighted by Gasteiger charge is -2.05. The molecular formula is C13H16O4. The summed E-state index contributed by atoms with van der Waals surface area (Å²) >= 11 is 0. The van der Waals surface area contributed by atoms with Crippen LogP contribution in [0.4, 0.5) is 0 Å². The topological polar surface area (TPSA) is 55.8 Å². The predicted octanol–water partition coefficient (Wildman–Crippen LogP) is 2.37. The molecule has 0 bridgehead atoms. The predicted molar refractivity (Wildman–Crippen MR) is 64.9 cm³/mol. The van der Waals surface area contributed by atoms with Gasteiger partial charge in [-0.05, 0) is 37.6 Å². The third-order valence-electron chi connectivity index (χ3n) is 1.97. The van der Waals surface area contributed by atoms with Crippen LogP contribution in [0.25, 0.3) is 6.08 Å². The molecular weight excluding hydrogens is 220 g/mol. The van der Waals surface area contributed by atoms with Crippen LogP contribution in [-0.2, 0) is 9.53 Å². The first-order valence-corrected chi connectivity index (χ1v) is 5.28. The maximum Gasteiger partial charge on any atom is 0.331 e. The smallest absolute Gasteiger partial charge is 0.331 e. The Labute approximate surface area is 100 Å². The van der Waals surface area contributed by atoms with Gasteiger partial charge >= 0.3 is 5.97 Å². The van der Waals surface area contributed by atoms with E-state index >= 15 is 0 Å². The van der Waals surface area contributed by atoms with Crippen molar-refractivity contribution < 1.29 is 19.4 Å². The van der Waals surface area contributed by atoms with E-state index in [1.165, 1.54) is 19.3 Å². The number of phenols is 1. The summed E-state index contributed by atoms with van der Waals surface area (Å²) in [5, 5.41) is 9.39. The minimum Gasteiger partial charge on any atom is -0.504 e. The number of aromatic hydroxyl groups is 1. The monoisotopic (exact) mass is 236 g/mol. The molecule has 0 radical (unpaired) electrons. The van der Waals surface area contributed by atoms with Gasteiger partial charge in [0.25, 0.3) is 0 Å². The summed E-state index contributed by atoms with van der Waals surface area (Å²) in [6, 6.07) is 4.82. The highest BCUT2D eigenvalue weighted by Gasteiger charge is 2.02. The lowest BCUT2D eigenvalue weighted by atomic mass is 10.2. The molecule has 1 aromatic carbocycles. The number of benzene rings is 1. The number of hydrogen-bond donors (Lipinski definition) is 1. The van der Waals surface area contributed by atoms with E-state index in [0.29, 0.717) is 5.75 Å². The van der Waals surface area contributed by atoms with E-state index in [-0.39, 0.29) is 11.9 Å². The second-order valence-corrected chi connectivity index (χ2v) is 3.75. The minimum absolute atomic E-state index is 0.0643. The molecule has 1 rings (SSSR count). The standard InChI is InChI=1S/C13H16O4/c1-9(2)17-13(15)7-5-10-4-6-11(14)12(8-10)16-3/h4-9,14H,1-3H3/b7-5-. The number of hydrogen-bond acceptors (Lipinski definition) is 4. The Morgan fingerprint density at radius 3 is 2.71 bits per heavy atom. The zero-order valence-corrected chi connectivity index (χ0v) is 10.1. The van der Waals surface area contributed by atoms with Gasteiger partial charge in [-0.2, -0.15) is 0 Å². The van der Waals surface area contributed by atoms with Crippen LogP contribution in [0.3, 0.4) is 0 Å². The molecule has 0 amide bonds. The molecule has 1 aromatic rings. The van der Waals surface area contributed by atoms with Gasteiger partial charge in [-0.1, -0.05) is 6.07 Å². The van der Waals surface area contributed by atoms with Crippen molar-refractivity contribution >= 4 is 12.0 Å². The van der Waals surface area contributed by atoms with Crippen LogP contribution in [0.1, 0.15) is 19.4 Å². The summed E-state index contributed by atoms with van der Waals surface area (Å²) < 4.78 is 9.90. The van der Waals surface area contributed by atoms with Crippen molar-refractivity contribution in [2.75, 3.05) is 7.11 Å². The Morgan fingerprint density at radius 1 is 1.41 bits per heavy atom. The number of carbonyl (C=O) groups excluding carboxylic acids is 1. The highest BCUT2D eigenvalue weighted by molar-refractivity contribution is 5.87. The van der Waals surface area contributed by atoms with E-state index in [1.54, 1.807) is 32.1 Å². The Balaban J connectivity index is 2.74. The van der Waals surface area contributed by atoms with Gasteiger partial charge in [-0.15, -0.1) is 0 Å². The summed E-state index contributed by atoms with van der Waals surface area (Å²) in [6.07, 6.45) is 2.81. The Bertz CT molecular complexity index is 421. The normalized spacial score (nSPS) is 10.8. The van der Waals surface area contributed by atoms with Gasteiger partial charge in [0.15, 0.2) is 11.5 Å². The van der Waals surface area contributed by atoms with Crippen molar-refractivity contribution in [2.24, 2.45) is 0 Å².